The van der Waals surface area contributed by atoms with Crippen molar-refractivity contribution >= 4 is 34.4 Å². The van der Waals surface area contributed by atoms with E-state index in [9.17, 15) is 22.8 Å². The van der Waals surface area contributed by atoms with Crippen LogP contribution in [0.5, 0.6) is 0 Å². The highest BCUT2D eigenvalue weighted by atomic mass is 35.5. The summed E-state index contributed by atoms with van der Waals surface area (Å²) < 4.78 is 43.4. The van der Waals surface area contributed by atoms with Gasteiger partial charge in [-0.1, -0.05) is 23.7 Å². The molecule has 1 amide bonds. The second-order valence-corrected chi connectivity index (χ2v) is 10.4. The van der Waals surface area contributed by atoms with Crippen molar-refractivity contribution in [2.24, 2.45) is 5.92 Å². The Labute approximate surface area is 238 Å². The molecule has 3 aromatic heterocycles. The topological polar surface area (TPSA) is 114 Å². The summed E-state index contributed by atoms with van der Waals surface area (Å²) in [5, 5.41) is 14.6. The van der Waals surface area contributed by atoms with Gasteiger partial charge in [0.15, 0.2) is 5.69 Å². The number of aliphatic hydroxyl groups excluding tert-OH is 1. The number of pyridine rings is 2. The quantitative estimate of drug-likeness (QED) is 0.276. The zero-order valence-electron chi connectivity index (χ0n) is 21.9. The lowest BCUT2D eigenvalue weighted by molar-refractivity contribution is -0.141. The van der Waals surface area contributed by atoms with E-state index < -0.39 is 23.3 Å². The number of nitrogens with one attached hydrogen (secondary N) is 2. The van der Waals surface area contributed by atoms with Crippen LogP contribution in [0.15, 0.2) is 59.7 Å². The molecule has 0 spiro atoms. The first-order valence-electron chi connectivity index (χ1n) is 13.2. The zero-order valence-corrected chi connectivity index (χ0v) is 22.6. The highest BCUT2D eigenvalue weighted by Crippen LogP contribution is 2.32. The van der Waals surface area contributed by atoms with Crippen molar-refractivity contribution in [1.29, 1.82) is 0 Å². The van der Waals surface area contributed by atoms with Crippen LogP contribution in [0, 0.1) is 5.92 Å². The Hall–Kier alpha value is -3.90. The summed E-state index contributed by atoms with van der Waals surface area (Å²) in [6.45, 7) is 0.806. The van der Waals surface area contributed by atoms with E-state index in [1.807, 2.05) is 24.3 Å². The molecule has 216 valence electrons. The third-order valence-corrected chi connectivity index (χ3v) is 7.46. The fourth-order valence-electron chi connectivity index (χ4n) is 5.29. The fourth-order valence-corrected chi connectivity index (χ4v) is 5.45. The molecular weight excluding hydrogens is 561 g/mol. The van der Waals surface area contributed by atoms with Gasteiger partial charge in [0.2, 0.25) is 0 Å². The number of halogens is 4. The molecule has 5 rings (SSSR count). The van der Waals surface area contributed by atoms with Crippen molar-refractivity contribution in [3.63, 3.8) is 0 Å². The number of hydrogen-bond donors (Lipinski definition) is 3. The number of aliphatic hydroxyl groups is 1. The molecule has 1 saturated carbocycles. The number of aromatic nitrogens is 4. The highest BCUT2D eigenvalue weighted by Gasteiger charge is 2.38. The first kappa shape index (κ1) is 28.6. The molecule has 41 heavy (non-hydrogen) atoms. The summed E-state index contributed by atoms with van der Waals surface area (Å²) >= 11 is 5.82. The molecule has 0 saturated heterocycles. The van der Waals surface area contributed by atoms with Gasteiger partial charge in [-0.15, -0.1) is 0 Å². The molecule has 1 aromatic carbocycles. The predicted octanol–water partition coefficient (Wildman–Crippen LogP) is 4.65. The Morgan fingerprint density at radius 1 is 1.05 bits per heavy atom. The second-order valence-electron chi connectivity index (χ2n) is 10.0. The summed E-state index contributed by atoms with van der Waals surface area (Å²) in [4.78, 5) is 34.0. The maximum atomic E-state index is 13.6. The monoisotopic (exact) mass is 588 g/mol. The number of imidazole rings is 1. The summed E-state index contributed by atoms with van der Waals surface area (Å²) in [5.41, 5.74) is 0.0658. The minimum absolute atomic E-state index is 0.0248. The van der Waals surface area contributed by atoms with Gasteiger partial charge in [0.1, 0.15) is 5.82 Å². The normalized spacial score (nSPS) is 17.5. The van der Waals surface area contributed by atoms with Crippen LogP contribution in [0.2, 0.25) is 5.02 Å². The third kappa shape index (κ3) is 6.23. The molecule has 13 heteroatoms. The van der Waals surface area contributed by atoms with E-state index in [1.54, 1.807) is 27.5 Å². The molecule has 3 N–H and O–H groups in total. The van der Waals surface area contributed by atoms with Crippen molar-refractivity contribution in [2.75, 3.05) is 18.5 Å². The van der Waals surface area contributed by atoms with Crippen molar-refractivity contribution in [3.05, 3.63) is 81.6 Å². The average molecular weight is 589 g/mol. The van der Waals surface area contributed by atoms with Gasteiger partial charge in [0.25, 0.3) is 5.91 Å². The van der Waals surface area contributed by atoms with Gasteiger partial charge in [-0.3, -0.25) is 13.9 Å². The lowest BCUT2D eigenvalue weighted by Crippen LogP contribution is -2.39. The minimum Gasteiger partial charge on any atom is -0.395 e. The minimum atomic E-state index is -4.78. The van der Waals surface area contributed by atoms with Crippen molar-refractivity contribution in [2.45, 2.75) is 44.4 Å². The molecule has 4 aromatic rings. The van der Waals surface area contributed by atoms with Gasteiger partial charge >= 0.3 is 11.9 Å². The molecule has 9 nitrogen and oxygen atoms in total. The average Bonchev–Trinajstić information content (AvgIpc) is 3.23. The van der Waals surface area contributed by atoms with Crippen LogP contribution < -0.4 is 16.3 Å². The number of carbonyl (C=O) groups excluding carboxylic acids is 1. The van der Waals surface area contributed by atoms with Gasteiger partial charge < -0.3 is 15.7 Å². The summed E-state index contributed by atoms with van der Waals surface area (Å²) in [7, 11) is 0. The Morgan fingerprint density at radius 3 is 2.44 bits per heavy atom. The van der Waals surface area contributed by atoms with E-state index in [0.29, 0.717) is 50.3 Å². The van der Waals surface area contributed by atoms with Crippen molar-refractivity contribution < 1.29 is 23.1 Å². The number of para-hydroxylation sites is 2. The summed E-state index contributed by atoms with van der Waals surface area (Å²) in [5.74, 6) is -0.132. The maximum Gasteiger partial charge on any atom is 0.434 e. The van der Waals surface area contributed by atoms with Gasteiger partial charge in [0.05, 0.1) is 40.1 Å². The van der Waals surface area contributed by atoms with E-state index >= 15 is 0 Å². The Morgan fingerprint density at radius 2 is 1.78 bits per heavy atom. The van der Waals surface area contributed by atoms with E-state index in [1.165, 1.54) is 0 Å². The Balaban J connectivity index is 1.29. The van der Waals surface area contributed by atoms with Gasteiger partial charge in [-0.25, -0.2) is 14.8 Å². The number of hydrogen-bond acceptors (Lipinski definition) is 6. The number of alkyl halides is 3. The van der Waals surface area contributed by atoms with E-state index in [0.717, 1.165) is 23.3 Å². The number of nitrogens with zero attached hydrogens (tertiary/aromatic N) is 4. The van der Waals surface area contributed by atoms with Crippen LogP contribution in [0.4, 0.5) is 19.0 Å². The van der Waals surface area contributed by atoms with E-state index in [2.05, 4.69) is 20.6 Å². The highest BCUT2D eigenvalue weighted by molar-refractivity contribution is 6.30. The third-order valence-electron chi connectivity index (χ3n) is 7.25. The lowest BCUT2D eigenvalue weighted by Gasteiger charge is -2.29. The van der Waals surface area contributed by atoms with Crippen LogP contribution in [0.1, 0.15) is 41.7 Å². The number of rotatable bonds is 8. The van der Waals surface area contributed by atoms with Crippen LogP contribution >= 0.6 is 11.6 Å². The molecule has 1 aliphatic carbocycles. The van der Waals surface area contributed by atoms with Gasteiger partial charge in [0, 0.05) is 25.3 Å². The molecule has 0 radical (unpaired) electrons. The first-order chi connectivity index (χ1) is 19.7. The van der Waals surface area contributed by atoms with Gasteiger partial charge in [-0.2, -0.15) is 13.2 Å². The molecule has 0 bridgehead atoms. The van der Waals surface area contributed by atoms with Crippen LogP contribution in [0.25, 0.3) is 16.7 Å². The molecule has 1 aliphatic rings. The molecule has 3 heterocycles. The predicted molar refractivity (Wildman–Crippen MR) is 148 cm³/mol. The molecule has 0 aliphatic heterocycles. The number of fused-ring (bicyclic) bond motifs is 1. The number of amides is 1. The molecule has 0 atom stereocenters. The smallest absolute Gasteiger partial charge is 0.395 e. The zero-order chi connectivity index (χ0) is 29.1. The lowest BCUT2D eigenvalue weighted by atomic mass is 9.85. The molecule has 0 unspecified atom stereocenters. The van der Waals surface area contributed by atoms with E-state index in [-0.39, 0.29) is 29.3 Å². The van der Waals surface area contributed by atoms with Crippen LogP contribution in [-0.4, -0.2) is 49.3 Å². The molecule has 1 fully saturated rings. The Kier molecular flexibility index (Phi) is 8.32. The maximum absolute atomic E-state index is 13.6. The number of anilines is 1. The summed E-state index contributed by atoms with van der Waals surface area (Å²) in [6, 6.07) is 11.7. The van der Waals surface area contributed by atoms with Crippen LogP contribution in [0.3, 0.4) is 0 Å². The van der Waals surface area contributed by atoms with E-state index in [4.69, 9.17) is 16.7 Å². The van der Waals surface area contributed by atoms with Gasteiger partial charge in [-0.05, 0) is 61.9 Å². The standard InChI is InChI=1S/C28H28ClF3N6O3/c29-18-13-21(25(35-14-18)28(30,31)32)26(40)36-19-7-5-17(6-8-19)16-37-22-3-1-2-4-23(22)38(27(37)41)20-9-10-24(34-15-20)33-11-12-39/h1-4,9-10,13-15,17,19,39H,5-8,11-12,16H2,(H,33,34)(H,36,40)/t17-,19-. The second kappa shape index (κ2) is 11.9. The summed E-state index contributed by atoms with van der Waals surface area (Å²) in [6.07, 6.45) is 0.179. The largest absolute Gasteiger partial charge is 0.434 e. The number of benzene rings is 1. The van der Waals surface area contributed by atoms with Crippen LogP contribution in [-0.2, 0) is 12.7 Å². The van der Waals surface area contributed by atoms with Crippen molar-refractivity contribution in [1.82, 2.24) is 24.4 Å². The SMILES string of the molecule is O=C(N[C@H]1CC[C@H](Cn2c(=O)n(-c3ccc(NCCO)nc3)c3ccccc32)CC1)c1cc(Cl)cnc1C(F)(F)F. The fraction of sp³-hybridized carbons (Fsp3) is 0.357. The first-order valence-corrected chi connectivity index (χ1v) is 13.6. The number of carbonyl (C=O) groups is 1. The Bertz CT molecular complexity index is 1590. The van der Waals surface area contributed by atoms with Crippen molar-refractivity contribution in [3.8, 4) is 5.69 Å². The molecular formula is C28H28ClF3N6O3.